The van der Waals surface area contributed by atoms with Gasteiger partial charge in [0, 0.05) is 38.8 Å². The Hall–Kier alpha value is -2.93. The van der Waals surface area contributed by atoms with Gasteiger partial charge in [0.15, 0.2) is 0 Å². The van der Waals surface area contributed by atoms with E-state index in [4.69, 9.17) is 4.74 Å². The molecule has 3 rings (SSSR count). The summed E-state index contributed by atoms with van der Waals surface area (Å²) in [4.78, 5) is 27.4. The lowest BCUT2D eigenvalue weighted by molar-refractivity contribution is -0.120. The van der Waals surface area contributed by atoms with Gasteiger partial charge in [0.2, 0.25) is 5.91 Å². The third kappa shape index (κ3) is 6.28. The molecule has 0 atom stereocenters. The number of carbonyl (C=O) groups is 2. The Morgan fingerprint density at radius 1 is 1.10 bits per heavy atom. The number of rotatable bonds is 9. The van der Waals surface area contributed by atoms with Crippen molar-refractivity contribution in [3.05, 3.63) is 59.9 Å². The third-order valence-electron chi connectivity index (χ3n) is 5.44. The second-order valence-electron chi connectivity index (χ2n) is 7.55. The Morgan fingerprint density at radius 2 is 1.81 bits per heavy atom. The van der Waals surface area contributed by atoms with Crippen LogP contribution in [0.25, 0.3) is 0 Å². The fraction of sp³-hybridized carbons (Fsp3) is 0.417. The molecule has 2 aromatic rings. The lowest BCUT2D eigenvalue weighted by Crippen LogP contribution is -2.38. The number of piperidine rings is 1. The molecule has 1 aliphatic heterocycles. The number of carbonyl (C=O) groups excluding carboxylic acids is 2. The van der Waals surface area contributed by atoms with Crippen LogP contribution < -0.4 is 15.5 Å². The van der Waals surface area contributed by atoms with Gasteiger partial charge < -0.3 is 20.3 Å². The Balaban J connectivity index is 1.54. The fourth-order valence-corrected chi connectivity index (χ4v) is 3.73. The number of nitrogens with zero attached hydrogens (tertiary/aromatic N) is 1. The molecule has 0 saturated carbocycles. The van der Waals surface area contributed by atoms with E-state index in [1.54, 1.807) is 36.4 Å². The van der Waals surface area contributed by atoms with E-state index in [0.717, 1.165) is 6.42 Å². The number of benzene rings is 2. The van der Waals surface area contributed by atoms with E-state index in [1.165, 1.54) is 6.07 Å². The molecule has 0 aromatic heterocycles. The van der Waals surface area contributed by atoms with Crippen molar-refractivity contribution in [1.29, 1.82) is 0 Å². The van der Waals surface area contributed by atoms with Gasteiger partial charge in [0.05, 0.1) is 16.9 Å². The maximum Gasteiger partial charge on any atom is 0.253 e. The minimum atomic E-state index is -0.244. The molecule has 1 aliphatic rings. The van der Waals surface area contributed by atoms with Gasteiger partial charge in [0.1, 0.15) is 5.82 Å². The van der Waals surface area contributed by atoms with Crippen molar-refractivity contribution in [1.82, 2.24) is 5.32 Å². The lowest BCUT2D eigenvalue weighted by Gasteiger charge is -2.33. The van der Waals surface area contributed by atoms with Crippen LogP contribution in [0.1, 0.15) is 36.5 Å². The van der Waals surface area contributed by atoms with E-state index in [-0.39, 0.29) is 23.5 Å². The SMILES string of the molecule is CCOCCCNC(=O)c1ccccc1NC(=O)C1CCN(c2ccccc2F)CC1. The van der Waals surface area contributed by atoms with Crippen LogP contribution in [-0.2, 0) is 9.53 Å². The van der Waals surface area contributed by atoms with Gasteiger partial charge in [-0.1, -0.05) is 24.3 Å². The molecular weight excluding hydrogens is 397 g/mol. The molecule has 31 heavy (non-hydrogen) atoms. The topological polar surface area (TPSA) is 70.7 Å². The summed E-state index contributed by atoms with van der Waals surface area (Å²) in [5.41, 5.74) is 1.52. The molecular formula is C24H30FN3O3. The van der Waals surface area contributed by atoms with E-state index in [9.17, 15) is 14.0 Å². The van der Waals surface area contributed by atoms with E-state index in [2.05, 4.69) is 10.6 Å². The second-order valence-corrected chi connectivity index (χ2v) is 7.55. The number of nitrogens with one attached hydrogen (secondary N) is 2. The van der Waals surface area contributed by atoms with Crippen molar-refractivity contribution in [3.8, 4) is 0 Å². The molecule has 2 amide bonds. The molecule has 1 saturated heterocycles. The molecule has 0 radical (unpaired) electrons. The van der Waals surface area contributed by atoms with Crippen LogP contribution in [0.4, 0.5) is 15.8 Å². The monoisotopic (exact) mass is 427 g/mol. The van der Waals surface area contributed by atoms with Gasteiger partial charge in [0.25, 0.3) is 5.91 Å². The summed E-state index contributed by atoms with van der Waals surface area (Å²) in [5, 5.41) is 5.79. The second kappa shape index (κ2) is 11.5. The van der Waals surface area contributed by atoms with E-state index < -0.39 is 0 Å². The highest BCUT2D eigenvalue weighted by atomic mass is 19.1. The third-order valence-corrected chi connectivity index (χ3v) is 5.44. The first-order valence-corrected chi connectivity index (χ1v) is 10.9. The van der Waals surface area contributed by atoms with E-state index in [0.29, 0.717) is 62.6 Å². The first-order valence-electron chi connectivity index (χ1n) is 10.9. The van der Waals surface area contributed by atoms with Crippen LogP contribution in [-0.4, -0.2) is 44.7 Å². The summed E-state index contributed by atoms with van der Waals surface area (Å²) < 4.78 is 19.3. The number of anilines is 2. The van der Waals surface area contributed by atoms with Crippen molar-refractivity contribution in [2.75, 3.05) is 43.1 Å². The summed E-state index contributed by atoms with van der Waals surface area (Å²) in [7, 11) is 0. The molecule has 7 heteroatoms. The Bertz CT molecular complexity index is 882. The Labute approximate surface area is 182 Å². The predicted octanol–water partition coefficient (Wildman–Crippen LogP) is 3.84. The molecule has 166 valence electrons. The van der Waals surface area contributed by atoms with Gasteiger partial charge >= 0.3 is 0 Å². The summed E-state index contributed by atoms with van der Waals surface area (Å²) in [6, 6.07) is 13.7. The normalized spacial score (nSPS) is 14.3. The van der Waals surface area contributed by atoms with Crippen LogP contribution in [0.2, 0.25) is 0 Å². The molecule has 2 N–H and O–H groups in total. The molecule has 6 nitrogen and oxygen atoms in total. The highest BCUT2D eigenvalue weighted by Crippen LogP contribution is 2.26. The average molecular weight is 428 g/mol. The van der Waals surface area contributed by atoms with Gasteiger partial charge in [-0.3, -0.25) is 9.59 Å². The highest BCUT2D eigenvalue weighted by molar-refractivity contribution is 6.04. The van der Waals surface area contributed by atoms with Crippen molar-refractivity contribution in [2.24, 2.45) is 5.92 Å². The van der Waals surface area contributed by atoms with Crippen LogP contribution >= 0.6 is 0 Å². The molecule has 2 aromatic carbocycles. The quantitative estimate of drug-likeness (QED) is 0.597. The molecule has 1 fully saturated rings. The summed E-state index contributed by atoms with van der Waals surface area (Å²) in [6.45, 7) is 4.92. The van der Waals surface area contributed by atoms with E-state index in [1.807, 2.05) is 17.9 Å². The van der Waals surface area contributed by atoms with Gasteiger partial charge in [-0.15, -0.1) is 0 Å². The molecule has 0 bridgehead atoms. The largest absolute Gasteiger partial charge is 0.382 e. The van der Waals surface area contributed by atoms with Crippen LogP contribution in [0.5, 0.6) is 0 Å². The zero-order chi connectivity index (χ0) is 22.1. The minimum absolute atomic E-state index is 0.107. The summed E-state index contributed by atoms with van der Waals surface area (Å²) >= 11 is 0. The maximum absolute atomic E-state index is 14.0. The van der Waals surface area contributed by atoms with Crippen molar-refractivity contribution >= 4 is 23.2 Å². The smallest absolute Gasteiger partial charge is 0.253 e. The zero-order valence-electron chi connectivity index (χ0n) is 17.9. The van der Waals surface area contributed by atoms with Crippen LogP contribution in [0.3, 0.4) is 0 Å². The predicted molar refractivity (Wildman–Crippen MR) is 120 cm³/mol. The number of amides is 2. The Morgan fingerprint density at radius 3 is 2.55 bits per heavy atom. The Kier molecular flexibility index (Phi) is 8.41. The number of ether oxygens (including phenoxy) is 1. The molecule has 1 heterocycles. The van der Waals surface area contributed by atoms with E-state index >= 15 is 0 Å². The fourth-order valence-electron chi connectivity index (χ4n) is 3.73. The van der Waals surface area contributed by atoms with Crippen molar-refractivity contribution < 1.29 is 18.7 Å². The highest BCUT2D eigenvalue weighted by Gasteiger charge is 2.27. The molecule has 0 aliphatic carbocycles. The number of hydrogen-bond acceptors (Lipinski definition) is 4. The van der Waals surface area contributed by atoms with Gasteiger partial charge in [-0.25, -0.2) is 4.39 Å². The number of para-hydroxylation sites is 2. The van der Waals surface area contributed by atoms with Crippen molar-refractivity contribution in [2.45, 2.75) is 26.2 Å². The summed E-state index contributed by atoms with van der Waals surface area (Å²) in [5.74, 6) is -0.747. The standard InChI is InChI=1S/C24H30FN3O3/c1-2-31-17-7-14-26-24(30)19-8-3-5-10-21(19)27-23(29)18-12-15-28(16-13-18)22-11-6-4-9-20(22)25/h3-6,8-11,18H,2,7,12-17H2,1H3,(H,26,30)(H,27,29). The van der Waals surface area contributed by atoms with Gasteiger partial charge in [-0.2, -0.15) is 0 Å². The molecule has 0 unspecified atom stereocenters. The summed E-state index contributed by atoms with van der Waals surface area (Å²) in [6.07, 6.45) is 1.99. The maximum atomic E-state index is 14.0. The van der Waals surface area contributed by atoms with Crippen molar-refractivity contribution in [3.63, 3.8) is 0 Å². The van der Waals surface area contributed by atoms with Gasteiger partial charge in [-0.05, 0) is 50.5 Å². The van der Waals surface area contributed by atoms with Crippen LogP contribution in [0.15, 0.2) is 48.5 Å². The van der Waals surface area contributed by atoms with Crippen LogP contribution in [0, 0.1) is 11.7 Å². The minimum Gasteiger partial charge on any atom is -0.382 e. The molecule has 0 spiro atoms. The first-order chi connectivity index (χ1) is 15.1. The lowest BCUT2D eigenvalue weighted by atomic mass is 9.95. The zero-order valence-corrected chi connectivity index (χ0v) is 17.9. The number of halogens is 1. The average Bonchev–Trinajstić information content (AvgIpc) is 2.79. The first kappa shape index (κ1) is 22.7. The number of hydrogen-bond donors (Lipinski definition) is 2.